The van der Waals surface area contributed by atoms with Gasteiger partial charge in [-0.1, -0.05) is 36.0 Å². The van der Waals surface area contributed by atoms with E-state index in [0.29, 0.717) is 0 Å². The summed E-state index contributed by atoms with van der Waals surface area (Å²) in [6, 6.07) is 8.90. The van der Waals surface area contributed by atoms with Gasteiger partial charge in [0.25, 0.3) is 0 Å². The van der Waals surface area contributed by atoms with Crippen LogP contribution in [0.3, 0.4) is 0 Å². The highest BCUT2D eigenvalue weighted by Gasteiger charge is 2.29. The Kier molecular flexibility index (Phi) is 4.01. The molecule has 1 aromatic carbocycles. The quantitative estimate of drug-likeness (QED) is 0.794. The van der Waals surface area contributed by atoms with Crippen molar-refractivity contribution in [1.82, 2.24) is 4.90 Å². The molecule has 0 bridgehead atoms. The summed E-state index contributed by atoms with van der Waals surface area (Å²) >= 11 is 1.95. The van der Waals surface area contributed by atoms with Crippen molar-refractivity contribution in [3.63, 3.8) is 0 Å². The average molecular weight is 312 g/mol. The number of hydrogen-bond donors (Lipinski definition) is 0. The molecule has 2 nitrogen and oxygen atoms in total. The average Bonchev–Trinajstić information content (AvgIpc) is 2.55. The maximum atomic E-state index is 2.60. The van der Waals surface area contributed by atoms with Crippen molar-refractivity contribution in [1.29, 1.82) is 0 Å². The van der Waals surface area contributed by atoms with Crippen LogP contribution in [0, 0.1) is 5.92 Å². The molecule has 116 valence electrons. The highest BCUT2D eigenvalue weighted by atomic mass is 32.2. The molecule has 1 aromatic rings. The lowest BCUT2D eigenvalue weighted by molar-refractivity contribution is 0.213. The monoisotopic (exact) mass is 312 g/mol. The lowest BCUT2D eigenvalue weighted by atomic mass is 9.96. The molecule has 1 atom stereocenters. The molecule has 0 aromatic heterocycles. The predicted octanol–water partition coefficient (Wildman–Crippen LogP) is 4.50. The molecule has 0 N–H and O–H groups in total. The molecule has 22 heavy (non-hydrogen) atoms. The Labute approximate surface area is 137 Å². The zero-order valence-corrected chi connectivity index (χ0v) is 14.1. The molecule has 4 rings (SSSR count). The highest BCUT2D eigenvalue weighted by Crippen LogP contribution is 2.47. The Bertz CT molecular complexity index is 620. The van der Waals surface area contributed by atoms with Crippen molar-refractivity contribution < 1.29 is 0 Å². The first-order valence-electron chi connectivity index (χ1n) is 8.45. The summed E-state index contributed by atoms with van der Waals surface area (Å²) in [6.45, 7) is 3.65. The van der Waals surface area contributed by atoms with Crippen LogP contribution in [0.15, 0.2) is 51.9 Å². The van der Waals surface area contributed by atoms with E-state index in [1.807, 2.05) is 11.8 Å². The van der Waals surface area contributed by atoms with Crippen LogP contribution in [0.2, 0.25) is 0 Å². The van der Waals surface area contributed by atoms with Crippen LogP contribution in [0.4, 0.5) is 5.69 Å². The van der Waals surface area contributed by atoms with E-state index in [1.54, 1.807) is 0 Å². The first-order chi connectivity index (χ1) is 10.8. The van der Waals surface area contributed by atoms with E-state index in [1.165, 1.54) is 60.0 Å². The minimum Gasteiger partial charge on any atom is -0.340 e. The molecule has 1 saturated heterocycles. The minimum atomic E-state index is 0.777. The molecule has 0 spiro atoms. The van der Waals surface area contributed by atoms with Gasteiger partial charge in [0.15, 0.2) is 0 Å². The third kappa shape index (κ3) is 2.72. The summed E-state index contributed by atoms with van der Waals surface area (Å²) in [4.78, 5) is 7.97. The van der Waals surface area contributed by atoms with Gasteiger partial charge in [-0.25, -0.2) is 0 Å². The van der Waals surface area contributed by atoms with E-state index in [9.17, 15) is 0 Å². The van der Waals surface area contributed by atoms with Crippen molar-refractivity contribution >= 4 is 17.4 Å². The largest absolute Gasteiger partial charge is 0.340 e. The fraction of sp³-hybridized carbons (Fsp3) is 0.474. The lowest BCUT2D eigenvalue weighted by Crippen LogP contribution is -2.40. The van der Waals surface area contributed by atoms with E-state index in [-0.39, 0.29) is 0 Å². The zero-order valence-electron chi connectivity index (χ0n) is 13.3. The Balaban J connectivity index is 1.66. The molecule has 2 aliphatic heterocycles. The van der Waals surface area contributed by atoms with Crippen LogP contribution in [0.5, 0.6) is 0 Å². The Morgan fingerprint density at radius 1 is 1.18 bits per heavy atom. The second-order valence-electron chi connectivity index (χ2n) is 6.69. The van der Waals surface area contributed by atoms with Crippen LogP contribution in [-0.4, -0.2) is 31.6 Å². The summed E-state index contributed by atoms with van der Waals surface area (Å²) < 4.78 is 0. The fourth-order valence-corrected chi connectivity index (χ4v) is 5.03. The summed E-state index contributed by atoms with van der Waals surface area (Å²) in [5, 5.41) is 0. The van der Waals surface area contributed by atoms with Crippen molar-refractivity contribution in [2.24, 2.45) is 5.92 Å². The topological polar surface area (TPSA) is 6.48 Å². The molecule has 3 aliphatic rings. The summed E-state index contributed by atoms with van der Waals surface area (Å²) in [6.07, 6.45) is 9.95. The first-order valence-corrected chi connectivity index (χ1v) is 9.26. The smallest absolute Gasteiger partial charge is 0.0552 e. The van der Waals surface area contributed by atoms with Crippen molar-refractivity contribution in [3.05, 3.63) is 47.0 Å². The third-order valence-electron chi connectivity index (χ3n) is 4.92. The lowest BCUT2D eigenvalue weighted by Gasteiger charge is -2.40. The normalized spacial score (nSPS) is 25.1. The van der Waals surface area contributed by atoms with Gasteiger partial charge >= 0.3 is 0 Å². The van der Waals surface area contributed by atoms with E-state index in [4.69, 9.17) is 0 Å². The van der Waals surface area contributed by atoms with Crippen LogP contribution < -0.4 is 4.90 Å². The van der Waals surface area contributed by atoms with Crippen LogP contribution in [0.25, 0.3) is 0 Å². The number of thioether (sulfide) groups is 1. The SMILES string of the molecule is CN1CCCC(CN2C3=CCCC=C3Sc3ccccc32)C1. The minimum absolute atomic E-state index is 0.777. The van der Waals surface area contributed by atoms with Gasteiger partial charge in [-0.3, -0.25) is 0 Å². The zero-order chi connectivity index (χ0) is 14.9. The van der Waals surface area contributed by atoms with Gasteiger partial charge < -0.3 is 9.80 Å². The maximum Gasteiger partial charge on any atom is 0.0552 e. The number of anilines is 1. The molecule has 1 aliphatic carbocycles. The fourth-order valence-electron chi connectivity index (χ4n) is 3.87. The van der Waals surface area contributed by atoms with Crippen molar-refractivity contribution in [3.8, 4) is 0 Å². The van der Waals surface area contributed by atoms with Gasteiger partial charge in [0.1, 0.15) is 0 Å². The molecule has 0 amide bonds. The first kappa shape index (κ1) is 14.4. The van der Waals surface area contributed by atoms with E-state index in [0.717, 1.165) is 12.5 Å². The molecule has 1 fully saturated rings. The number of allylic oxidation sites excluding steroid dienone is 2. The summed E-state index contributed by atoms with van der Waals surface area (Å²) in [5.41, 5.74) is 2.87. The molecule has 2 heterocycles. The number of rotatable bonds is 2. The Morgan fingerprint density at radius 3 is 2.95 bits per heavy atom. The van der Waals surface area contributed by atoms with Gasteiger partial charge in [0.05, 0.1) is 11.4 Å². The molecule has 0 radical (unpaired) electrons. The molecular formula is C19H24N2S. The van der Waals surface area contributed by atoms with Gasteiger partial charge in [0.2, 0.25) is 0 Å². The van der Waals surface area contributed by atoms with Gasteiger partial charge in [-0.05, 0) is 57.3 Å². The second kappa shape index (κ2) is 6.13. The van der Waals surface area contributed by atoms with Gasteiger partial charge in [-0.2, -0.15) is 0 Å². The molecule has 3 heteroatoms. The van der Waals surface area contributed by atoms with E-state index >= 15 is 0 Å². The number of nitrogens with zero attached hydrogens (tertiary/aromatic N) is 2. The van der Waals surface area contributed by atoms with Crippen LogP contribution in [0.1, 0.15) is 25.7 Å². The maximum absolute atomic E-state index is 2.60. The summed E-state index contributed by atoms with van der Waals surface area (Å²) in [7, 11) is 2.26. The number of benzene rings is 1. The Morgan fingerprint density at radius 2 is 2.05 bits per heavy atom. The standard InChI is InChI=1S/C19H24N2S/c1-20-12-6-7-15(13-20)14-21-16-8-2-4-10-18(16)22-19-11-5-3-9-17(19)21/h2,4,8-11,15H,3,5-7,12-14H2,1H3. The number of fused-ring (bicyclic) bond motifs is 2. The third-order valence-corrected chi connectivity index (χ3v) is 6.08. The molecular weight excluding hydrogens is 288 g/mol. The van der Waals surface area contributed by atoms with Gasteiger partial charge in [-0.15, -0.1) is 0 Å². The van der Waals surface area contributed by atoms with Crippen molar-refractivity contribution in [2.45, 2.75) is 30.6 Å². The van der Waals surface area contributed by atoms with Crippen LogP contribution in [-0.2, 0) is 0 Å². The number of hydrogen-bond acceptors (Lipinski definition) is 3. The van der Waals surface area contributed by atoms with Crippen molar-refractivity contribution in [2.75, 3.05) is 31.6 Å². The van der Waals surface area contributed by atoms with E-state index < -0.39 is 0 Å². The highest BCUT2D eigenvalue weighted by molar-refractivity contribution is 8.03. The Hall–Kier alpha value is -1.19. The number of piperidine rings is 1. The van der Waals surface area contributed by atoms with E-state index in [2.05, 4.69) is 53.3 Å². The predicted molar refractivity (Wildman–Crippen MR) is 95.3 cm³/mol. The second-order valence-corrected chi connectivity index (χ2v) is 7.77. The molecule has 1 unspecified atom stereocenters. The number of likely N-dealkylation sites (tertiary alicyclic amines) is 1. The molecule has 0 saturated carbocycles. The van der Waals surface area contributed by atoms with Crippen LogP contribution >= 0.6 is 11.8 Å². The number of para-hydroxylation sites is 1. The summed E-state index contributed by atoms with van der Waals surface area (Å²) in [5.74, 6) is 0.777. The van der Waals surface area contributed by atoms with Gasteiger partial charge in [0, 0.05) is 22.9 Å².